The first-order valence-electron chi connectivity index (χ1n) is 10.3. The van der Waals surface area contributed by atoms with E-state index in [1.54, 1.807) is 18.3 Å². The molecule has 0 saturated heterocycles. The number of ether oxygens (including phenoxy) is 1. The molecule has 0 aliphatic carbocycles. The zero-order valence-electron chi connectivity index (χ0n) is 18.0. The lowest BCUT2D eigenvalue weighted by atomic mass is 10.1. The number of fused-ring (bicyclic) bond motifs is 1. The molecule has 0 aliphatic rings. The maximum Gasteiger partial charge on any atom is 0.255 e. The van der Waals surface area contributed by atoms with Gasteiger partial charge in [0.2, 0.25) is 10.0 Å². The lowest BCUT2D eigenvalue weighted by Crippen LogP contribution is -2.27. The lowest BCUT2D eigenvalue weighted by molar-refractivity contribution is 0.102. The number of hydrogen-bond donors (Lipinski definition) is 2. The van der Waals surface area contributed by atoms with Crippen LogP contribution in [0.15, 0.2) is 90.0 Å². The average molecular weight is 462 g/mol. The van der Waals surface area contributed by atoms with E-state index in [-0.39, 0.29) is 22.8 Å². The second-order valence-electron chi connectivity index (χ2n) is 7.35. The second-order valence-corrected chi connectivity index (χ2v) is 9.09. The van der Waals surface area contributed by atoms with E-state index in [0.29, 0.717) is 12.1 Å². The van der Waals surface area contributed by atoms with Crippen LogP contribution in [0, 0.1) is 0 Å². The van der Waals surface area contributed by atoms with Gasteiger partial charge in [0.25, 0.3) is 5.91 Å². The zero-order chi connectivity index (χ0) is 23.3. The van der Waals surface area contributed by atoms with E-state index >= 15 is 0 Å². The maximum atomic E-state index is 12.9. The summed E-state index contributed by atoms with van der Waals surface area (Å²) in [7, 11) is -2.53. The van der Waals surface area contributed by atoms with E-state index in [0.717, 1.165) is 16.5 Å². The first kappa shape index (κ1) is 22.4. The molecule has 0 bridgehead atoms. The molecule has 168 valence electrons. The number of nitrogens with zero attached hydrogens (tertiary/aromatic N) is 1. The zero-order valence-corrected chi connectivity index (χ0v) is 18.8. The van der Waals surface area contributed by atoms with Crippen molar-refractivity contribution < 1.29 is 17.9 Å². The molecule has 1 aromatic heterocycles. The maximum absolute atomic E-state index is 12.9. The van der Waals surface area contributed by atoms with Gasteiger partial charge in [-0.3, -0.25) is 9.78 Å². The molecule has 8 heteroatoms. The molecular weight excluding hydrogens is 438 g/mol. The molecule has 33 heavy (non-hydrogen) atoms. The summed E-state index contributed by atoms with van der Waals surface area (Å²) in [5.41, 5.74) is 1.59. The number of nitrogens with one attached hydrogen (secondary N) is 2. The summed E-state index contributed by atoms with van der Waals surface area (Å²) in [6, 6.07) is 23.2. The Morgan fingerprint density at radius 1 is 0.939 bits per heavy atom. The molecule has 2 N–H and O–H groups in total. The second kappa shape index (κ2) is 9.81. The number of aromatic nitrogens is 1. The Kier molecular flexibility index (Phi) is 6.67. The third-order valence-electron chi connectivity index (χ3n) is 5.12. The van der Waals surface area contributed by atoms with Crippen molar-refractivity contribution in [2.24, 2.45) is 0 Å². The Morgan fingerprint density at radius 2 is 1.73 bits per heavy atom. The van der Waals surface area contributed by atoms with Gasteiger partial charge >= 0.3 is 0 Å². The highest BCUT2D eigenvalue weighted by molar-refractivity contribution is 7.89. The molecule has 0 radical (unpaired) electrons. The first-order chi connectivity index (χ1) is 16.0. The van der Waals surface area contributed by atoms with Crippen LogP contribution in [-0.4, -0.2) is 33.0 Å². The van der Waals surface area contributed by atoms with E-state index in [4.69, 9.17) is 4.74 Å². The van der Waals surface area contributed by atoms with Crippen LogP contribution in [0.5, 0.6) is 5.75 Å². The molecule has 0 aliphatic heterocycles. The Balaban J connectivity index is 1.52. The minimum Gasteiger partial charge on any atom is -0.495 e. The van der Waals surface area contributed by atoms with Crippen molar-refractivity contribution in [3.05, 3.63) is 96.3 Å². The topological polar surface area (TPSA) is 97.4 Å². The van der Waals surface area contributed by atoms with Gasteiger partial charge in [-0.15, -0.1) is 0 Å². The van der Waals surface area contributed by atoms with Gasteiger partial charge in [-0.05, 0) is 53.2 Å². The third-order valence-corrected chi connectivity index (χ3v) is 6.60. The average Bonchev–Trinajstić information content (AvgIpc) is 2.84. The number of rotatable bonds is 8. The molecule has 3 aromatic carbocycles. The van der Waals surface area contributed by atoms with Gasteiger partial charge in [-0.25, -0.2) is 13.1 Å². The van der Waals surface area contributed by atoms with Crippen molar-refractivity contribution in [2.45, 2.75) is 11.3 Å². The summed E-state index contributed by atoms with van der Waals surface area (Å²) in [6.45, 7) is 0.163. The summed E-state index contributed by atoms with van der Waals surface area (Å²) in [5, 5.41) is 4.88. The molecule has 0 fully saturated rings. The summed E-state index contributed by atoms with van der Waals surface area (Å²) in [5.74, 6) is -0.263. The molecule has 0 atom stereocenters. The smallest absolute Gasteiger partial charge is 0.255 e. The van der Waals surface area contributed by atoms with Crippen LogP contribution in [0.3, 0.4) is 0 Å². The molecule has 4 rings (SSSR count). The molecule has 7 nitrogen and oxygen atoms in total. The number of hydrogen-bond acceptors (Lipinski definition) is 5. The van der Waals surface area contributed by atoms with Gasteiger partial charge in [-0.2, -0.15) is 0 Å². The van der Waals surface area contributed by atoms with Crippen molar-refractivity contribution >= 4 is 32.4 Å². The predicted octanol–water partition coefficient (Wildman–Crippen LogP) is 4.02. The molecule has 0 unspecified atom stereocenters. The highest BCUT2D eigenvalue weighted by Gasteiger charge is 2.21. The Labute approximate surface area is 192 Å². The fraction of sp³-hybridized carbons (Fsp3) is 0.120. The Morgan fingerprint density at radius 3 is 2.48 bits per heavy atom. The molecular formula is C25H23N3O4S. The van der Waals surface area contributed by atoms with Crippen molar-refractivity contribution in [3.63, 3.8) is 0 Å². The van der Waals surface area contributed by atoms with Crippen molar-refractivity contribution in [3.8, 4) is 5.75 Å². The number of carbonyl (C=O) groups excluding carboxylic acids is 1. The lowest BCUT2D eigenvalue weighted by Gasteiger charge is -2.13. The molecule has 1 amide bonds. The largest absolute Gasteiger partial charge is 0.495 e. The summed E-state index contributed by atoms with van der Waals surface area (Å²) in [6.07, 6.45) is 2.09. The molecule has 0 saturated carbocycles. The number of anilines is 1. The number of benzene rings is 3. The summed E-state index contributed by atoms with van der Waals surface area (Å²) < 4.78 is 33.7. The number of pyridine rings is 1. The normalized spacial score (nSPS) is 11.3. The third kappa shape index (κ3) is 5.36. The minimum absolute atomic E-state index is 0.0998. The summed E-state index contributed by atoms with van der Waals surface area (Å²) >= 11 is 0. The standard InChI is InChI=1S/C25H23N3O4S/c1-32-23-12-10-20(25(29)28-22-11-9-18-6-2-3-7-19(18)16-22)17-24(23)33(30,31)27-15-13-21-8-4-5-14-26-21/h2-12,14,16-17,27H,13,15H2,1H3,(H,28,29). The number of amides is 1. The van der Waals surface area contributed by atoms with Crippen LogP contribution in [-0.2, 0) is 16.4 Å². The van der Waals surface area contributed by atoms with Gasteiger partial charge in [-0.1, -0.05) is 36.4 Å². The molecule has 1 heterocycles. The quantitative estimate of drug-likeness (QED) is 0.413. The van der Waals surface area contributed by atoms with Crippen molar-refractivity contribution in [2.75, 3.05) is 19.0 Å². The van der Waals surface area contributed by atoms with E-state index in [9.17, 15) is 13.2 Å². The molecule has 4 aromatic rings. The highest BCUT2D eigenvalue weighted by Crippen LogP contribution is 2.26. The number of sulfonamides is 1. The van der Waals surface area contributed by atoms with Gasteiger partial charge in [0.05, 0.1) is 7.11 Å². The number of methoxy groups -OCH3 is 1. The fourth-order valence-electron chi connectivity index (χ4n) is 3.44. The van der Waals surface area contributed by atoms with E-state index in [1.165, 1.54) is 25.3 Å². The fourth-order valence-corrected chi connectivity index (χ4v) is 4.66. The van der Waals surface area contributed by atoms with Crippen LogP contribution in [0.4, 0.5) is 5.69 Å². The van der Waals surface area contributed by atoms with Crippen LogP contribution in [0.25, 0.3) is 10.8 Å². The van der Waals surface area contributed by atoms with Crippen molar-refractivity contribution in [1.82, 2.24) is 9.71 Å². The van der Waals surface area contributed by atoms with Gasteiger partial charge in [0.15, 0.2) is 0 Å². The monoisotopic (exact) mass is 461 g/mol. The van der Waals surface area contributed by atoms with Crippen molar-refractivity contribution in [1.29, 1.82) is 0 Å². The van der Waals surface area contributed by atoms with Crippen LogP contribution in [0.1, 0.15) is 16.1 Å². The minimum atomic E-state index is -3.91. The van der Waals surface area contributed by atoms with E-state index in [2.05, 4.69) is 15.0 Å². The van der Waals surface area contributed by atoms with Gasteiger partial charge in [0, 0.05) is 36.1 Å². The van der Waals surface area contributed by atoms with Crippen LogP contribution < -0.4 is 14.8 Å². The molecule has 0 spiro atoms. The van der Waals surface area contributed by atoms with E-state index in [1.807, 2.05) is 48.5 Å². The van der Waals surface area contributed by atoms with Gasteiger partial charge < -0.3 is 10.1 Å². The first-order valence-corrected chi connectivity index (χ1v) is 11.8. The van der Waals surface area contributed by atoms with Gasteiger partial charge in [0.1, 0.15) is 10.6 Å². The van der Waals surface area contributed by atoms with Crippen LogP contribution in [0.2, 0.25) is 0 Å². The Hall–Kier alpha value is -3.75. The van der Waals surface area contributed by atoms with E-state index < -0.39 is 15.9 Å². The SMILES string of the molecule is COc1ccc(C(=O)Nc2ccc3ccccc3c2)cc1S(=O)(=O)NCCc1ccccn1. The Bertz CT molecular complexity index is 1390. The van der Waals surface area contributed by atoms with Crippen LogP contribution >= 0.6 is 0 Å². The highest BCUT2D eigenvalue weighted by atomic mass is 32.2. The predicted molar refractivity (Wildman–Crippen MR) is 128 cm³/mol. The number of carbonyl (C=O) groups is 1. The summed E-state index contributed by atoms with van der Waals surface area (Å²) in [4.78, 5) is 16.9.